The average molecular weight is 284 g/mol. The quantitative estimate of drug-likeness (QED) is 0.939. The van der Waals surface area contributed by atoms with Crippen molar-refractivity contribution in [3.05, 3.63) is 53.9 Å². The first-order valence-electron chi connectivity index (χ1n) is 7.17. The molecule has 5 heteroatoms. The molecule has 21 heavy (non-hydrogen) atoms. The van der Waals surface area contributed by atoms with Crippen LogP contribution in [0.15, 0.2) is 36.9 Å². The van der Waals surface area contributed by atoms with E-state index in [-0.39, 0.29) is 5.56 Å². The van der Waals surface area contributed by atoms with Crippen LogP contribution in [0, 0.1) is 17.1 Å². The van der Waals surface area contributed by atoms with Crippen LogP contribution in [0.5, 0.6) is 0 Å². The van der Waals surface area contributed by atoms with E-state index in [1.54, 1.807) is 18.3 Å². The summed E-state index contributed by atoms with van der Waals surface area (Å²) in [6.45, 7) is 0.644. The molecule has 4 nitrogen and oxygen atoms in total. The van der Waals surface area contributed by atoms with Crippen molar-refractivity contribution in [1.29, 1.82) is 5.26 Å². The highest BCUT2D eigenvalue weighted by Crippen LogP contribution is 2.30. The molecule has 1 N–H and O–H groups in total. The Morgan fingerprint density at radius 1 is 1.43 bits per heavy atom. The van der Waals surface area contributed by atoms with Gasteiger partial charge in [0.2, 0.25) is 0 Å². The lowest BCUT2D eigenvalue weighted by Gasteiger charge is -2.22. The molecule has 0 saturated heterocycles. The number of imidazole rings is 1. The summed E-state index contributed by atoms with van der Waals surface area (Å²) >= 11 is 0. The normalized spacial score (nSPS) is 21.3. The fraction of sp³-hybridized carbons (Fsp3) is 0.375. The molecule has 0 spiro atoms. The first kappa shape index (κ1) is 13.8. The molecule has 1 aromatic heterocycles. The highest BCUT2D eigenvalue weighted by Gasteiger charge is 2.27. The number of hydrogen-bond acceptors (Lipinski definition) is 3. The van der Waals surface area contributed by atoms with Crippen molar-refractivity contribution < 1.29 is 4.39 Å². The van der Waals surface area contributed by atoms with Gasteiger partial charge in [0.25, 0.3) is 0 Å². The van der Waals surface area contributed by atoms with Crippen LogP contribution in [0.3, 0.4) is 0 Å². The molecule has 1 aliphatic rings. The van der Waals surface area contributed by atoms with Gasteiger partial charge in [-0.2, -0.15) is 5.26 Å². The molecule has 2 atom stereocenters. The third kappa shape index (κ3) is 2.96. The van der Waals surface area contributed by atoms with E-state index >= 15 is 0 Å². The predicted molar refractivity (Wildman–Crippen MR) is 76.9 cm³/mol. The topological polar surface area (TPSA) is 53.6 Å². The Hall–Kier alpha value is -2.19. The molecule has 0 bridgehead atoms. The standard InChI is InChI=1S/C16H17FN4/c17-14-5-4-12(8-13(14)9-18)10-20-15-2-1-3-16(15)21-7-6-19-11-21/h4-8,11,15-16,20H,1-3,10H2. The Morgan fingerprint density at radius 2 is 2.33 bits per heavy atom. The van der Waals surface area contributed by atoms with E-state index in [1.165, 1.54) is 12.5 Å². The van der Waals surface area contributed by atoms with Crippen LogP contribution in [0.25, 0.3) is 0 Å². The lowest BCUT2D eigenvalue weighted by Crippen LogP contribution is -2.33. The highest BCUT2D eigenvalue weighted by atomic mass is 19.1. The van der Waals surface area contributed by atoms with Gasteiger partial charge in [0.1, 0.15) is 11.9 Å². The second-order valence-corrected chi connectivity index (χ2v) is 5.42. The second kappa shape index (κ2) is 6.06. The van der Waals surface area contributed by atoms with Gasteiger partial charge < -0.3 is 9.88 Å². The van der Waals surface area contributed by atoms with Gasteiger partial charge in [-0.1, -0.05) is 6.07 Å². The Labute approximate surface area is 123 Å². The van der Waals surface area contributed by atoms with Crippen LogP contribution in [0.4, 0.5) is 4.39 Å². The minimum absolute atomic E-state index is 0.104. The van der Waals surface area contributed by atoms with E-state index in [9.17, 15) is 4.39 Å². The van der Waals surface area contributed by atoms with Gasteiger partial charge in [-0.05, 0) is 37.0 Å². The van der Waals surface area contributed by atoms with Crippen molar-refractivity contribution in [2.24, 2.45) is 0 Å². The van der Waals surface area contributed by atoms with Gasteiger partial charge in [-0.25, -0.2) is 9.37 Å². The van der Waals surface area contributed by atoms with E-state index < -0.39 is 5.82 Å². The molecule has 0 radical (unpaired) electrons. The van der Waals surface area contributed by atoms with E-state index in [1.807, 2.05) is 18.6 Å². The van der Waals surface area contributed by atoms with Crippen LogP contribution in [0.2, 0.25) is 0 Å². The molecule has 0 aliphatic heterocycles. The maximum Gasteiger partial charge on any atom is 0.140 e. The van der Waals surface area contributed by atoms with Crippen molar-refractivity contribution in [3.8, 4) is 6.07 Å². The summed E-state index contributed by atoms with van der Waals surface area (Å²) in [4.78, 5) is 4.11. The number of hydrogen-bond donors (Lipinski definition) is 1. The monoisotopic (exact) mass is 284 g/mol. The molecule has 2 unspecified atom stereocenters. The molecule has 1 fully saturated rings. The number of nitrogens with one attached hydrogen (secondary N) is 1. The average Bonchev–Trinajstić information content (AvgIpc) is 3.17. The molecule has 1 aromatic carbocycles. The minimum atomic E-state index is -0.460. The summed E-state index contributed by atoms with van der Waals surface area (Å²) in [6.07, 6.45) is 9.10. The van der Waals surface area contributed by atoms with E-state index in [0.717, 1.165) is 18.4 Å². The molecule has 0 amide bonds. The van der Waals surface area contributed by atoms with Gasteiger partial charge in [0.15, 0.2) is 0 Å². The summed E-state index contributed by atoms with van der Waals surface area (Å²) in [5.74, 6) is -0.460. The largest absolute Gasteiger partial charge is 0.333 e. The first-order valence-corrected chi connectivity index (χ1v) is 7.17. The van der Waals surface area contributed by atoms with Gasteiger partial charge in [-0.15, -0.1) is 0 Å². The minimum Gasteiger partial charge on any atom is -0.333 e. The Balaban J connectivity index is 1.66. The van der Waals surface area contributed by atoms with Crippen LogP contribution < -0.4 is 5.32 Å². The number of nitrogens with zero attached hydrogens (tertiary/aromatic N) is 3. The Morgan fingerprint density at radius 3 is 3.10 bits per heavy atom. The maximum absolute atomic E-state index is 13.3. The zero-order chi connectivity index (χ0) is 14.7. The number of benzene rings is 1. The van der Waals surface area contributed by atoms with E-state index in [2.05, 4.69) is 14.9 Å². The van der Waals surface area contributed by atoms with Crippen molar-refractivity contribution in [1.82, 2.24) is 14.9 Å². The molecule has 3 rings (SSSR count). The molecule has 108 valence electrons. The lowest BCUT2D eigenvalue weighted by atomic mass is 10.1. The van der Waals surface area contributed by atoms with Gasteiger partial charge in [0.05, 0.1) is 11.9 Å². The number of halogens is 1. The fourth-order valence-electron chi connectivity index (χ4n) is 3.02. The van der Waals surface area contributed by atoms with Gasteiger partial charge in [0, 0.05) is 31.0 Å². The third-order valence-corrected chi connectivity index (χ3v) is 4.11. The Bertz CT molecular complexity index is 645. The van der Waals surface area contributed by atoms with Crippen molar-refractivity contribution in [2.45, 2.75) is 37.9 Å². The fourth-order valence-corrected chi connectivity index (χ4v) is 3.02. The summed E-state index contributed by atoms with van der Waals surface area (Å²) in [5.41, 5.74) is 1.04. The smallest absolute Gasteiger partial charge is 0.140 e. The number of rotatable bonds is 4. The highest BCUT2D eigenvalue weighted by molar-refractivity contribution is 5.34. The van der Waals surface area contributed by atoms with E-state index in [4.69, 9.17) is 5.26 Å². The van der Waals surface area contributed by atoms with Crippen LogP contribution in [-0.2, 0) is 6.54 Å². The van der Waals surface area contributed by atoms with Crippen LogP contribution in [0.1, 0.15) is 36.4 Å². The molecule has 1 aliphatic carbocycles. The van der Waals surface area contributed by atoms with Crippen LogP contribution >= 0.6 is 0 Å². The lowest BCUT2D eigenvalue weighted by molar-refractivity contribution is 0.390. The summed E-state index contributed by atoms with van der Waals surface area (Å²) < 4.78 is 15.5. The van der Waals surface area contributed by atoms with Crippen molar-refractivity contribution in [3.63, 3.8) is 0 Å². The SMILES string of the molecule is N#Cc1cc(CNC2CCCC2n2ccnc2)ccc1F. The molecule has 2 aromatic rings. The number of aromatic nitrogens is 2. The zero-order valence-corrected chi connectivity index (χ0v) is 11.7. The van der Waals surface area contributed by atoms with Crippen molar-refractivity contribution in [2.75, 3.05) is 0 Å². The van der Waals surface area contributed by atoms with Gasteiger partial charge in [-0.3, -0.25) is 0 Å². The predicted octanol–water partition coefficient (Wildman–Crippen LogP) is 2.78. The molecule has 1 saturated carbocycles. The van der Waals surface area contributed by atoms with Crippen molar-refractivity contribution >= 4 is 0 Å². The second-order valence-electron chi connectivity index (χ2n) is 5.42. The summed E-state index contributed by atoms with van der Waals surface area (Å²) in [5, 5.41) is 12.4. The van der Waals surface area contributed by atoms with Gasteiger partial charge >= 0.3 is 0 Å². The van der Waals surface area contributed by atoms with E-state index in [0.29, 0.717) is 18.6 Å². The summed E-state index contributed by atoms with van der Waals surface area (Å²) in [7, 11) is 0. The first-order chi connectivity index (χ1) is 10.3. The maximum atomic E-state index is 13.3. The summed E-state index contributed by atoms with van der Waals surface area (Å²) in [6, 6.07) is 7.38. The zero-order valence-electron chi connectivity index (χ0n) is 11.7. The molecular weight excluding hydrogens is 267 g/mol. The Kier molecular flexibility index (Phi) is 3.98. The van der Waals surface area contributed by atoms with Crippen LogP contribution in [-0.4, -0.2) is 15.6 Å². The third-order valence-electron chi connectivity index (χ3n) is 4.11. The number of nitriles is 1. The molecular formula is C16H17FN4. The molecule has 1 heterocycles.